The van der Waals surface area contributed by atoms with Crippen LogP contribution in [0, 0.1) is 69.0 Å². The fourth-order valence-electron chi connectivity index (χ4n) is 17.6. The van der Waals surface area contributed by atoms with Crippen molar-refractivity contribution in [2.75, 3.05) is 24.6 Å². The molecule has 0 radical (unpaired) electrons. The van der Waals surface area contributed by atoms with Gasteiger partial charge in [0, 0.05) is 76.5 Å². The predicted octanol–water partition coefficient (Wildman–Crippen LogP) is 7.89. The van der Waals surface area contributed by atoms with Crippen molar-refractivity contribution in [3.63, 3.8) is 0 Å². The van der Waals surface area contributed by atoms with E-state index in [4.69, 9.17) is 18.5 Å². The second-order valence-corrected chi connectivity index (χ2v) is 25.1. The van der Waals surface area contributed by atoms with Crippen LogP contribution in [-0.2, 0) is 46.7 Å². The van der Waals surface area contributed by atoms with Crippen LogP contribution >= 0.6 is 24.4 Å². The largest absolute Gasteiger partial charge is 0.472 e. The summed E-state index contributed by atoms with van der Waals surface area (Å²) in [5.41, 5.74) is 0.490. The van der Waals surface area contributed by atoms with E-state index in [2.05, 4.69) is 40.3 Å². The van der Waals surface area contributed by atoms with Gasteiger partial charge in [0.1, 0.15) is 0 Å². The molecule has 0 bridgehead atoms. The molecular weight excluding hydrogens is 941 g/mol. The van der Waals surface area contributed by atoms with Crippen molar-refractivity contribution < 1.29 is 52.7 Å². The second-order valence-electron chi connectivity index (χ2n) is 23.6. The van der Waals surface area contributed by atoms with E-state index in [1.807, 2.05) is 34.4 Å². The highest BCUT2D eigenvalue weighted by Gasteiger charge is 2.77. The Morgan fingerprint density at radius 3 is 1.58 bits per heavy atom. The summed E-state index contributed by atoms with van der Waals surface area (Å²) in [6.07, 6.45) is 22.6. The second kappa shape index (κ2) is 17.7. The quantitative estimate of drug-likeness (QED) is 0.207. The number of fused-ring (bicyclic) bond motifs is 14. The number of hydroxylamine groups is 4. The molecule has 10 aliphatic rings. The molecule has 71 heavy (non-hydrogen) atoms. The van der Waals surface area contributed by atoms with E-state index in [-0.39, 0.29) is 97.9 Å². The lowest BCUT2D eigenvalue weighted by Crippen LogP contribution is -2.63. The van der Waals surface area contributed by atoms with Crippen LogP contribution in [-0.4, -0.2) is 96.6 Å². The summed E-state index contributed by atoms with van der Waals surface area (Å²) < 4.78 is 10.5. The van der Waals surface area contributed by atoms with Gasteiger partial charge in [0.2, 0.25) is 0 Å². The molecule has 0 amide bonds. The molecule has 13 nitrogen and oxygen atoms in total. The van der Waals surface area contributed by atoms with Gasteiger partial charge in [0.05, 0.1) is 61.9 Å². The molecule has 8 fully saturated rings. The van der Waals surface area contributed by atoms with Gasteiger partial charge < -0.3 is 19.0 Å². The highest BCUT2D eigenvalue weighted by molar-refractivity contribution is 8.14. The van der Waals surface area contributed by atoms with E-state index in [1.165, 1.54) is 6.92 Å². The van der Waals surface area contributed by atoms with Gasteiger partial charge in [-0.3, -0.25) is 33.6 Å². The van der Waals surface area contributed by atoms with E-state index >= 15 is 0 Å². The van der Waals surface area contributed by atoms with Crippen LogP contribution in [0.15, 0.2) is 93.6 Å². The van der Waals surface area contributed by atoms with E-state index in [0.717, 1.165) is 72.6 Å². The Morgan fingerprint density at radius 2 is 1.17 bits per heavy atom. The van der Waals surface area contributed by atoms with E-state index < -0.39 is 34.2 Å². The van der Waals surface area contributed by atoms with Crippen molar-refractivity contribution in [3.8, 4) is 0 Å². The monoisotopic (exact) mass is 1010 g/mol. The minimum absolute atomic E-state index is 0.00506. The molecule has 2 N–H and O–H groups in total. The summed E-state index contributed by atoms with van der Waals surface area (Å²) in [7, 11) is 0. The van der Waals surface area contributed by atoms with Crippen LogP contribution in [0.25, 0.3) is 0 Å². The average Bonchev–Trinajstić information content (AvgIpc) is 4.20. The number of rotatable bonds is 9. The number of Topliss-reactive ketones (excluding diaryl/α,β-unsaturated/α-hetero) is 2. The van der Waals surface area contributed by atoms with Crippen LogP contribution in [0.5, 0.6) is 0 Å². The Balaban J connectivity index is 0.000000155. The Labute approximate surface area is 425 Å². The molecule has 0 aromatic carbocycles. The third-order valence-electron chi connectivity index (χ3n) is 20.3. The number of ketones is 4. The van der Waals surface area contributed by atoms with Gasteiger partial charge >= 0.3 is 0 Å². The summed E-state index contributed by atoms with van der Waals surface area (Å²) in [6, 6.07) is 3.81. The first-order valence-electron chi connectivity index (χ1n) is 25.8. The number of allylic oxidation sites excluding steroid dienone is 8. The number of thiol groups is 1. The lowest BCUT2D eigenvalue weighted by molar-refractivity contribution is -0.252. The van der Waals surface area contributed by atoms with Crippen molar-refractivity contribution in [2.24, 2.45) is 69.0 Å². The molecule has 2 aromatic heterocycles. The zero-order valence-corrected chi connectivity index (χ0v) is 43.1. The Hall–Kier alpha value is -3.67. The standard InChI is InChI=1S/C29H35NO6S.C27H33NO5S/c1-17(31)37-16-25(34)29-20(14-30(36-29)13-18-7-9-35-15-18)11-23-22-5-4-19-10-21(32)6-8-27(19,2)26(22)24(33)12-28(23,29)3;1-25-7-5-19(29)9-17(25)3-4-20-21-10-18-13-28(12-16-6-8-32-14-16)33-27(18,23(31)15-34)26(21,2)11-22(30)24(20)25/h6-10,15,20,22-24,26,33H,4-5,11-14,16H2,1-3H3;5-9,14,18,20-22,24,30,34H,3-4,10-13,15H2,1-2H3/t20-,22-,23-,24-,26+,27-,28-,29-;18-,20-,21-,22-,24+,25-,26-,27-/m00/s1. The summed E-state index contributed by atoms with van der Waals surface area (Å²) in [6.45, 7) is 12.5. The van der Waals surface area contributed by atoms with Gasteiger partial charge in [-0.1, -0.05) is 62.8 Å². The smallest absolute Gasteiger partial charge is 0.186 e. The van der Waals surface area contributed by atoms with Crippen molar-refractivity contribution >= 4 is 52.6 Å². The number of aliphatic hydroxyl groups excluding tert-OH is 2. The average molecular weight is 1010 g/mol. The van der Waals surface area contributed by atoms with Crippen LogP contribution in [0.3, 0.4) is 0 Å². The fourth-order valence-corrected chi connectivity index (χ4v) is 18.4. The minimum atomic E-state index is -1.08. The van der Waals surface area contributed by atoms with Crippen molar-refractivity contribution in [1.82, 2.24) is 10.1 Å². The number of aliphatic hydroxyl groups is 2. The molecule has 2 aliphatic heterocycles. The SMILES string of the molecule is CC(=O)SCC(=O)[C@@]12ON(Cc3ccoc3)C[C@@H]1C[C@H]1[C@@H]3CCC4=CC(=O)C=C[C@]4(C)[C@H]3[C@@H](O)C[C@@]12C.C[C@]12C=CC(=O)C=C1CC[C@@H]1[C@@H]2[C@@H](O)C[C@@]2(C)[C@H]1C[C@H]1CN(Cc3ccoc3)O[C@]12C(=O)CS. The van der Waals surface area contributed by atoms with Gasteiger partial charge in [0.15, 0.2) is 39.5 Å². The number of hydrogen-bond donors (Lipinski definition) is 3. The van der Waals surface area contributed by atoms with Crippen LogP contribution < -0.4 is 0 Å². The van der Waals surface area contributed by atoms with Crippen molar-refractivity contribution in [3.05, 3.63) is 95.9 Å². The topological polar surface area (TPSA) is 177 Å². The first kappa shape index (κ1) is 49.5. The van der Waals surface area contributed by atoms with Crippen molar-refractivity contribution in [1.29, 1.82) is 0 Å². The lowest BCUT2D eigenvalue weighted by atomic mass is 9.46. The minimum Gasteiger partial charge on any atom is -0.472 e. The third-order valence-corrected chi connectivity index (χ3v) is 21.4. The Morgan fingerprint density at radius 1 is 0.718 bits per heavy atom. The van der Waals surface area contributed by atoms with Gasteiger partial charge in [0.25, 0.3) is 0 Å². The zero-order valence-electron chi connectivity index (χ0n) is 41.4. The first-order valence-corrected chi connectivity index (χ1v) is 27.4. The number of thioether (sulfide) groups is 1. The molecule has 4 heterocycles. The zero-order chi connectivity index (χ0) is 50.0. The molecule has 8 aliphatic carbocycles. The summed E-state index contributed by atoms with van der Waals surface area (Å²) >= 11 is 5.44. The molecule has 380 valence electrons. The van der Waals surface area contributed by atoms with Gasteiger partial charge in [-0.15, -0.1) is 0 Å². The highest BCUT2D eigenvalue weighted by atomic mass is 32.2. The third kappa shape index (κ3) is 7.34. The summed E-state index contributed by atoms with van der Waals surface area (Å²) in [5.74, 6) is 1.29. The molecular formula is C56H68N2O11S2. The number of furan rings is 2. The maximum absolute atomic E-state index is 14.1. The number of carbonyl (C=O) groups is 5. The maximum atomic E-state index is 14.1. The highest BCUT2D eigenvalue weighted by Crippen LogP contribution is 2.72. The molecule has 0 spiro atoms. The van der Waals surface area contributed by atoms with E-state index in [1.54, 1.807) is 49.4 Å². The van der Waals surface area contributed by atoms with Crippen LogP contribution in [0.1, 0.15) is 97.1 Å². The lowest BCUT2D eigenvalue weighted by Gasteiger charge is -2.60. The molecule has 2 saturated heterocycles. The molecule has 2 aromatic rings. The number of carbonyl (C=O) groups excluding carboxylic acids is 5. The van der Waals surface area contributed by atoms with E-state index in [9.17, 15) is 34.2 Å². The molecule has 16 atom stereocenters. The predicted molar refractivity (Wildman–Crippen MR) is 267 cm³/mol. The Bertz CT molecular complexity index is 2630. The summed E-state index contributed by atoms with van der Waals surface area (Å²) in [5, 5.41) is 27.2. The number of nitrogens with zero attached hydrogens (tertiary/aromatic N) is 2. The first-order chi connectivity index (χ1) is 33.8. The van der Waals surface area contributed by atoms with E-state index in [0.29, 0.717) is 39.0 Å². The van der Waals surface area contributed by atoms with Crippen LogP contribution in [0.2, 0.25) is 0 Å². The van der Waals surface area contributed by atoms with Crippen LogP contribution in [0.4, 0.5) is 0 Å². The fraction of sp³-hybridized carbons (Fsp3) is 0.625. The molecule has 0 unspecified atom stereocenters. The molecule has 12 rings (SSSR count). The van der Waals surface area contributed by atoms with Gasteiger partial charge in [-0.2, -0.15) is 22.8 Å². The normalized spacial score (nSPS) is 43.9. The van der Waals surface area contributed by atoms with Gasteiger partial charge in [-0.25, -0.2) is 0 Å². The van der Waals surface area contributed by atoms with Gasteiger partial charge in [-0.05, 0) is 111 Å². The maximum Gasteiger partial charge on any atom is 0.186 e. The molecule has 15 heteroatoms. The molecule has 6 saturated carbocycles. The Kier molecular flexibility index (Phi) is 12.4. The summed E-state index contributed by atoms with van der Waals surface area (Å²) in [4.78, 5) is 77.1. The number of hydrogen-bond acceptors (Lipinski definition) is 15. The van der Waals surface area contributed by atoms with Crippen molar-refractivity contribution in [2.45, 2.75) is 122 Å².